The molecule has 0 bridgehead atoms. The monoisotopic (exact) mass is 417 g/mol. The van der Waals surface area contributed by atoms with Gasteiger partial charge in [0.25, 0.3) is 0 Å². The van der Waals surface area contributed by atoms with E-state index in [1.165, 1.54) is 6.07 Å². The number of aliphatic hydroxyl groups is 1. The summed E-state index contributed by atoms with van der Waals surface area (Å²) >= 11 is 0. The fraction of sp³-hybridized carbons (Fsp3) is 0.391. The molecule has 1 heterocycles. The Balaban J connectivity index is 1.97. The second kappa shape index (κ2) is 6.41. The summed E-state index contributed by atoms with van der Waals surface area (Å²) in [5, 5.41) is 11.9. The third-order valence-corrected chi connectivity index (χ3v) is 6.04. The van der Waals surface area contributed by atoms with Crippen molar-refractivity contribution in [2.24, 2.45) is 11.8 Å². The second-order valence-corrected chi connectivity index (χ2v) is 8.97. The van der Waals surface area contributed by atoms with Gasteiger partial charge in [-0.15, -0.1) is 0 Å². The molecular formula is C23H22F3NO3. The number of carbonyl (C=O) groups is 2. The van der Waals surface area contributed by atoms with Gasteiger partial charge in [0, 0.05) is 5.54 Å². The third-order valence-electron chi connectivity index (χ3n) is 6.04. The van der Waals surface area contributed by atoms with Gasteiger partial charge in [-0.3, -0.25) is 14.5 Å². The first-order valence-electron chi connectivity index (χ1n) is 9.73. The molecule has 2 aromatic carbocycles. The van der Waals surface area contributed by atoms with E-state index in [2.05, 4.69) is 0 Å². The molecule has 0 radical (unpaired) electrons. The molecule has 30 heavy (non-hydrogen) atoms. The van der Waals surface area contributed by atoms with E-state index in [4.69, 9.17) is 0 Å². The third kappa shape index (κ3) is 2.87. The molecule has 1 fully saturated rings. The van der Waals surface area contributed by atoms with Gasteiger partial charge in [-0.25, -0.2) is 0 Å². The number of nitrogens with zero attached hydrogens (tertiary/aromatic N) is 1. The summed E-state index contributed by atoms with van der Waals surface area (Å²) in [6.07, 6.45) is -4.58. The van der Waals surface area contributed by atoms with E-state index >= 15 is 0 Å². The topological polar surface area (TPSA) is 57.6 Å². The average Bonchev–Trinajstić information content (AvgIpc) is 2.92. The number of halogens is 3. The van der Waals surface area contributed by atoms with Crippen LogP contribution in [0, 0.1) is 11.8 Å². The fourth-order valence-electron chi connectivity index (χ4n) is 4.81. The van der Waals surface area contributed by atoms with Gasteiger partial charge >= 0.3 is 6.18 Å². The molecule has 4 rings (SSSR count). The highest BCUT2D eigenvalue weighted by Crippen LogP contribution is 2.52. The molecule has 0 spiro atoms. The highest BCUT2D eigenvalue weighted by molar-refractivity contribution is 6.07. The zero-order valence-corrected chi connectivity index (χ0v) is 16.8. The maximum absolute atomic E-state index is 13.4. The van der Waals surface area contributed by atoms with Crippen LogP contribution in [0.2, 0.25) is 0 Å². The van der Waals surface area contributed by atoms with Crippen LogP contribution < -0.4 is 0 Å². The van der Waals surface area contributed by atoms with E-state index in [-0.39, 0.29) is 17.5 Å². The standard InChI is InChI=1S/C23H22F3NO3/c1-21(2,3)27-19(28)16-12-13-11-15(23(24,25)26)9-10-17(13)22(30,18(16)20(27)29)14-7-5-4-6-8-14/h4-11,16,18,30H,12H2,1-3H3/t16-,18+,22+/m0/s1. The average molecular weight is 417 g/mol. The summed E-state index contributed by atoms with van der Waals surface area (Å²) in [5.41, 5.74) is -2.73. The van der Waals surface area contributed by atoms with Crippen LogP contribution in [0.3, 0.4) is 0 Å². The lowest BCUT2D eigenvalue weighted by atomic mass is 9.64. The zero-order chi connectivity index (χ0) is 22.1. The van der Waals surface area contributed by atoms with E-state index in [0.29, 0.717) is 5.56 Å². The Labute approximate surface area is 172 Å². The molecule has 1 aliphatic heterocycles. The number of alkyl halides is 3. The molecule has 1 saturated heterocycles. The lowest BCUT2D eigenvalue weighted by Gasteiger charge is -2.41. The predicted octanol–water partition coefficient (Wildman–Crippen LogP) is 3.90. The highest BCUT2D eigenvalue weighted by atomic mass is 19.4. The van der Waals surface area contributed by atoms with Gasteiger partial charge in [-0.2, -0.15) is 13.2 Å². The van der Waals surface area contributed by atoms with Crippen LogP contribution in [0.25, 0.3) is 0 Å². The number of benzene rings is 2. The maximum atomic E-state index is 13.4. The number of rotatable bonds is 1. The van der Waals surface area contributed by atoms with Crippen molar-refractivity contribution in [3.63, 3.8) is 0 Å². The Hall–Kier alpha value is -2.67. The minimum absolute atomic E-state index is 0.0315. The van der Waals surface area contributed by atoms with E-state index in [1.807, 2.05) is 0 Å². The van der Waals surface area contributed by atoms with Crippen LogP contribution >= 0.6 is 0 Å². The van der Waals surface area contributed by atoms with E-state index in [0.717, 1.165) is 17.0 Å². The zero-order valence-electron chi connectivity index (χ0n) is 16.8. The van der Waals surface area contributed by atoms with E-state index in [9.17, 15) is 27.9 Å². The van der Waals surface area contributed by atoms with Crippen molar-refractivity contribution >= 4 is 11.8 Å². The Morgan fingerprint density at radius 2 is 1.63 bits per heavy atom. The first kappa shape index (κ1) is 20.6. The van der Waals surface area contributed by atoms with Crippen molar-refractivity contribution in [1.82, 2.24) is 4.90 Å². The molecule has 0 aromatic heterocycles. The van der Waals surface area contributed by atoms with E-state index < -0.39 is 46.5 Å². The molecular weight excluding hydrogens is 395 g/mol. The van der Waals surface area contributed by atoms with Gasteiger partial charge in [-0.1, -0.05) is 36.4 Å². The first-order valence-corrected chi connectivity index (χ1v) is 9.73. The van der Waals surface area contributed by atoms with Gasteiger partial charge in [0.1, 0.15) is 5.60 Å². The van der Waals surface area contributed by atoms with Crippen LogP contribution in [-0.2, 0) is 27.8 Å². The van der Waals surface area contributed by atoms with Gasteiger partial charge in [0.15, 0.2) is 0 Å². The maximum Gasteiger partial charge on any atom is 0.416 e. The Bertz CT molecular complexity index is 1030. The van der Waals surface area contributed by atoms with Gasteiger partial charge < -0.3 is 5.11 Å². The van der Waals surface area contributed by atoms with Crippen LogP contribution in [0.5, 0.6) is 0 Å². The summed E-state index contributed by atoms with van der Waals surface area (Å²) in [5.74, 6) is -3.00. The van der Waals surface area contributed by atoms with Crippen molar-refractivity contribution < 1.29 is 27.9 Å². The van der Waals surface area contributed by atoms with Crippen molar-refractivity contribution in [1.29, 1.82) is 0 Å². The molecule has 0 saturated carbocycles. The first-order chi connectivity index (χ1) is 13.9. The summed E-state index contributed by atoms with van der Waals surface area (Å²) in [7, 11) is 0. The molecule has 7 heteroatoms. The fourth-order valence-corrected chi connectivity index (χ4v) is 4.81. The normalized spacial score (nSPS) is 26.6. The lowest BCUT2D eigenvalue weighted by molar-refractivity contribution is -0.147. The number of amides is 2. The van der Waals surface area contributed by atoms with Crippen LogP contribution in [0.15, 0.2) is 48.5 Å². The lowest BCUT2D eigenvalue weighted by Crippen LogP contribution is -2.49. The van der Waals surface area contributed by atoms with Crippen LogP contribution in [0.4, 0.5) is 13.2 Å². The number of fused-ring (bicyclic) bond motifs is 2. The van der Waals surface area contributed by atoms with Gasteiger partial charge in [0.2, 0.25) is 11.8 Å². The molecule has 2 aliphatic rings. The quantitative estimate of drug-likeness (QED) is 0.716. The summed E-state index contributed by atoms with van der Waals surface area (Å²) < 4.78 is 39.9. The Morgan fingerprint density at radius 3 is 2.20 bits per heavy atom. The predicted molar refractivity (Wildman–Crippen MR) is 103 cm³/mol. The van der Waals surface area contributed by atoms with Crippen LogP contribution in [-0.4, -0.2) is 27.4 Å². The minimum Gasteiger partial charge on any atom is -0.380 e. The number of imide groups is 1. The Kier molecular flexibility index (Phi) is 4.40. The van der Waals surface area contributed by atoms with Crippen LogP contribution in [0.1, 0.15) is 43.0 Å². The number of likely N-dealkylation sites (tertiary alicyclic amines) is 1. The number of carbonyl (C=O) groups excluding carboxylic acids is 2. The van der Waals surface area contributed by atoms with Crippen molar-refractivity contribution in [2.75, 3.05) is 0 Å². The molecule has 2 amide bonds. The molecule has 1 N–H and O–H groups in total. The van der Waals surface area contributed by atoms with Gasteiger partial charge in [-0.05, 0) is 56.0 Å². The smallest absolute Gasteiger partial charge is 0.380 e. The molecule has 2 aromatic rings. The summed E-state index contributed by atoms with van der Waals surface area (Å²) in [6.45, 7) is 5.16. The molecule has 4 nitrogen and oxygen atoms in total. The SMILES string of the molecule is CC(C)(C)N1C(=O)[C@H]2Cc3cc(C(F)(F)F)ccc3[C@](O)(c3ccccc3)[C@H]2C1=O. The minimum atomic E-state index is -4.55. The van der Waals surface area contributed by atoms with Crippen molar-refractivity contribution in [3.8, 4) is 0 Å². The second-order valence-electron chi connectivity index (χ2n) is 8.97. The number of hydrogen-bond donors (Lipinski definition) is 1. The molecule has 3 atom stereocenters. The molecule has 158 valence electrons. The van der Waals surface area contributed by atoms with Gasteiger partial charge in [0.05, 0.1) is 17.4 Å². The van der Waals surface area contributed by atoms with Crippen molar-refractivity contribution in [2.45, 2.75) is 44.5 Å². The molecule has 1 aliphatic carbocycles. The highest BCUT2D eigenvalue weighted by Gasteiger charge is 2.62. The summed E-state index contributed by atoms with van der Waals surface area (Å²) in [6, 6.07) is 11.5. The van der Waals surface area contributed by atoms with E-state index in [1.54, 1.807) is 51.1 Å². The largest absolute Gasteiger partial charge is 0.416 e. The van der Waals surface area contributed by atoms with Crippen molar-refractivity contribution in [3.05, 3.63) is 70.8 Å². The Morgan fingerprint density at radius 1 is 1.00 bits per heavy atom. The molecule has 0 unspecified atom stereocenters. The summed E-state index contributed by atoms with van der Waals surface area (Å²) in [4.78, 5) is 27.7. The number of hydrogen-bond acceptors (Lipinski definition) is 3.